The van der Waals surface area contributed by atoms with Crippen LogP contribution in [0.3, 0.4) is 0 Å². The molecule has 0 aliphatic carbocycles. The monoisotopic (exact) mass is 194 g/mol. The van der Waals surface area contributed by atoms with Crippen LogP contribution in [0, 0.1) is 0 Å². The first-order valence-corrected chi connectivity index (χ1v) is 4.32. The molecule has 0 unspecified atom stereocenters. The van der Waals surface area contributed by atoms with E-state index < -0.39 is 5.91 Å². The van der Waals surface area contributed by atoms with Crippen LogP contribution >= 0.6 is 0 Å². The number of rotatable bonds is 5. The number of unbranched alkanes of at least 4 members (excludes halogenated alkanes) is 1. The molecule has 0 aromatic carbocycles. The molecule has 0 saturated carbocycles. The molecule has 0 bridgehead atoms. The van der Waals surface area contributed by atoms with Crippen LogP contribution in [-0.4, -0.2) is 18.0 Å². The number of carbonyl (C=O) groups is 2. The zero-order chi connectivity index (χ0) is 10.8. The lowest BCUT2D eigenvalue weighted by Gasteiger charge is -1.85. The van der Waals surface area contributed by atoms with Crippen molar-refractivity contribution < 1.29 is 9.59 Å². The van der Waals surface area contributed by atoms with Gasteiger partial charge in [-0.3, -0.25) is 9.59 Å². The molecular formula is C10H14N2O2. The van der Waals surface area contributed by atoms with Crippen molar-refractivity contribution in [2.75, 3.05) is 0 Å². The van der Waals surface area contributed by atoms with Gasteiger partial charge in [-0.25, -0.2) is 4.99 Å². The Kier molecular flexibility index (Phi) is 6.95. The van der Waals surface area contributed by atoms with Gasteiger partial charge in [0.1, 0.15) is 0 Å². The number of hydrogen-bond acceptors (Lipinski definition) is 2. The van der Waals surface area contributed by atoms with Gasteiger partial charge in [0.15, 0.2) is 0 Å². The lowest BCUT2D eigenvalue weighted by Crippen LogP contribution is -2.05. The van der Waals surface area contributed by atoms with Gasteiger partial charge in [0.2, 0.25) is 5.91 Å². The van der Waals surface area contributed by atoms with Crippen LogP contribution in [-0.2, 0) is 9.59 Å². The van der Waals surface area contributed by atoms with Crippen molar-refractivity contribution in [2.45, 2.75) is 19.8 Å². The second-order valence-electron chi connectivity index (χ2n) is 2.51. The maximum absolute atomic E-state index is 10.8. The number of allylic oxidation sites excluding steroid dienone is 2. The van der Waals surface area contributed by atoms with E-state index in [-0.39, 0.29) is 5.91 Å². The van der Waals surface area contributed by atoms with Crippen molar-refractivity contribution in [3.8, 4) is 0 Å². The van der Waals surface area contributed by atoms with Crippen LogP contribution in [0.25, 0.3) is 0 Å². The zero-order valence-corrected chi connectivity index (χ0v) is 8.14. The van der Waals surface area contributed by atoms with Crippen LogP contribution in [0.15, 0.2) is 29.3 Å². The van der Waals surface area contributed by atoms with Crippen molar-refractivity contribution in [1.29, 1.82) is 0 Å². The third-order valence-electron chi connectivity index (χ3n) is 1.30. The van der Waals surface area contributed by atoms with E-state index in [9.17, 15) is 9.59 Å². The summed E-state index contributed by atoms with van der Waals surface area (Å²) in [4.78, 5) is 24.6. The van der Waals surface area contributed by atoms with E-state index in [1.165, 1.54) is 18.4 Å². The summed E-state index contributed by atoms with van der Waals surface area (Å²) < 4.78 is 0. The van der Waals surface area contributed by atoms with E-state index in [0.717, 1.165) is 0 Å². The molecule has 0 aromatic heterocycles. The zero-order valence-electron chi connectivity index (χ0n) is 8.14. The maximum atomic E-state index is 10.8. The molecule has 14 heavy (non-hydrogen) atoms. The number of aliphatic imine (C=N–C) groups is 1. The summed E-state index contributed by atoms with van der Waals surface area (Å²) in [6.45, 7) is 1.68. The Morgan fingerprint density at radius 3 is 2.29 bits per heavy atom. The summed E-state index contributed by atoms with van der Waals surface area (Å²) in [6, 6.07) is 0. The molecule has 0 atom stereocenters. The summed E-state index contributed by atoms with van der Waals surface area (Å²) in [5, 5.41) is 0. The van der Waals surface area contributed by atoms with Gasteiger partial charge in [-0.05, 0) is 25.8 Å². The fourth-order valence-corrected chi connectivity index (χ4v) is 0.746. The van der Waals surface area contributed by atoms with E-state index in [4.69, 9.17) is 5.73 Å². The SMILES string of the molecule is CC=NC(=O)C=CCCC=CC(N)=O. The van der Waals surface area contributed by atoms with Crippen LogP contribution < -0.4 is 5.73 Å². The molecule has 0 spiro atoms. The molecule has 0 rings (SSSR count). The molecule has 4 nitrogen and oxygen atoms in total. The van der Waals surface area contributed by atoms with Crippen LogP contribution in [0.4, 0.5) is 0 Å². The lowest BCUT2D eigenvalue weighted by atomic mass is 10.2. The van der Waals surface area contributed by atoms with Crippen molar-refractivity contribution >= 4 is 18.0 Å². The van der Waals surface area contributed by atoms with E-state index in [0.29, 0.717) is 12.8 Å². The van der Waals surface area contributed by atoms with Gasteiger partial charge in [0, 0.05) is 12.3 Å². The van der Waals surface area contributed by atoms with E-state index >= 15 is 0 Å². The highest BCUT2D eigenvalue weighted by atomic mass is 16.1. The van der Waals surface area contributed by atoms with Gasteiger partial charge in [-0.2, -0.15) is 0 Å². The molecule has 0 radical (unpaired) electrons. The third kappa shape index (κ3) is 8.39. The number of primary amides is 1. The summed E-state index contributed by atoms with van der Waals surface area (Å²) in [5.41, 5.74) is 4.88. The van der Waals surface area contributed by atoms with Crippen molar-refractivity contribution in [3.63, 3.8) is 0 Å². The second-order valence-corrected chi connectivity index (χ2v) is 2.51. The number of nitrogens with two attached hydrogens (primary N) is 1. The Hall–Kier alpha value is -1.71. The minimum Gasteiger partial charge on any atom is -0.366 e. The highest BCUT2D eigenvalue weighted by Crippen LogP contribution is 1.93. The minimum absolute atomic E-state index is 0.272. The van der Waals surface area contributed by atoms with Gasteiger partial charge in [-0.15, -0.1) is 0 Å². The third-order valence-corrected chi connectivity index (χ3v) is 1.30. The molecule has 2 N–H and O–H groups in total. The van der Waals surface area contributed by atoms with Gasteiger partial charge in [-0.1, -0.05) is 12.2 Å². The smallest absolute Gasteiger partial charge is 0.269 e. The summed E-state index contributed by atoms with van der Waals surface area (Å²) in [7, 11) is 0. The van der Waals surface area contributed by atoms with Gasteiger partial charge in [0.25, 0.3) is 5.91 Å². The Balaban J connectivity index is 3.64. The van der Waals surface area contributed by atoms with Gasteiger partial charge in [0.05, 0.1) is 0 Å². The number of nitrogens with zero attached hydrogens (tertiary/aromatic N) is 1. The standard InChI is InChI=1S/C10H14N2O2/c1-2-12-10(14)8-6-4-3-5-7-9(11)13/h2,5-8H,3-4H2,1H3,(H2,11,13). The molecule has 0 heterocycles. The Bertz CT molecular complexity index is 278. The maximum Gasteiger partial charge on any atom is 0.269 e. The lowest BCUT2D eigenvalue weighted by molar-refractivity contribution is -0.114. The Morgan fingerprint density at radius 2 is 1.79 bits per heavy atom. The summed E-state index contributed by atoms with van der Waals surface area (Å²) in [5.74, 6) is -0.730. The fraction of sp³-hybridized carbons (Fsp3) is 0.300. The van der Waals surface area contributed by atoms with Gasteiger partial charge < -0.3 is 5.73 Å². The average molecular weight is 194 g/mol. The van der Waals surface area contributed by atoms with Crippen molar-refractivity contribution in [3.05, 3.63) is 24.3 Å². The first-order valence-electron chi connectivity index (χ1n) is 4.32. The van der Waals surface area contributed by atoms with E-state index in [1.54, 1.807) is 19.1 Å². The largest absolute Gasteiger partial charge is 0.366 e. The summed E-state index contributed by atoms with van der Waals surface area (Å²) >= 11 is 0. The molecule has 0 fully saturated rings. The van der Waals surface area contributed by atoms with Crippen LogP contribution in [0.2, 0.25) is 0 Å². The predicted molar refractivity (Wildman–Crippen MR) is 55.9 cm³/mol. The molecule has 2 amide bonds. The average Bonchev–Trinajstić information content (AvgIpc) is 2.11. The number of carbonyl (C=O) groups excluding carboxylic acids is 2. The molecular weight excluding hydrogens is 180 g/mol. The molecule has 0 saturated heterocycles. The normalized spacial score (nSPS) is 11.8. The first kappa shape index (κ1) is 12.3. The first-order chi connectivity index (χ1) is 6.66. The molecule has 0 aromatic rings. The highest BCUT2D eigenvalue weighted by molar-refractivity contribution is 5.93. The Labute approximate surface area is 83.2 Å². The van der Waals surface area contributed by atoms with E-state index in [2.05, 4.69) is 4.99 Å². The van der Waals surface area contributed by atoms with Gasteiger partial charge >= 0.3 is 0 Å². The molecule has 0 aliphatic heterocycles. The Morgan fingerprint density at radius 1 is 1.21 bits per heavy atom. The topological polar surface area (TPSA) is 72.5 Å². The fourth-order valence-electron chi connectivity index (χ4n) is 0.746. The van der Waals surface area contributed by atoms with E-state index in [1.807, 2.05) is 0 Å². The molecule has 4 heteroatoms. The number of amides is 2. The molecule has 76 valence electrons. The van der Waals surface area contributed by atoms with Crippen molar-refractivity contribution in [2.24, 2.45) is 10.7 Å². The minimum atomic E-state index is -0.458. The predicted octanol–water partition coefficient (Wildman–Crippen LogP) is 0.982. The quantitative estimate of drug-likeness (QED) is 0.402. The second kappa shape index (κ2) is 7.91. The number of hydrogen-bond donors (Lipinski definition) is 1. The van der Waals surface area contributed by atoms with Crippen LogP contribution in [0.5, 0.6) is 0 Å². The molecule has 0 aliphatic rings. The highest BCUT2D eigenvalue weighted by Gasteiger charge is 1.86. The van der Waals surface area contributed by atoms with Crippen molar-refractivity contribution in [1.82, 2.24) is 0 Å². The summed E-state index contributed by atoms with van der Waals surface area (Å²) in [6.07, 6.45) is 8.90. The van der Waals surface area contributed by atoms with Crippen LogP contribution in [0.1, 0.15) is 19.8 Å².